The molecule has 0 saturated carbocycles. The Morgan fingerprint density at radius 1 is 1.00 bits per heavy atom. The summed E-state index contributed by atoms with van der Waals surface area (Å²) >= 11 is 0. The molecule has 6 nitrogen and oxygen atoms in total. The number of hydrogen-bond donors (Lipinski definition) is 2. The number of hydrogen-bond acceptors (Lipinski definition) is 5. The molecular weight excluding hydrogens is 288 g/mol. The normalized spacial score (nSPS) is 11.4. The number of aromatic nitrogens is 2. The van der Waals surface area contributed by atoms with Crippen LogP contribution in [0.2, 0.25) is 0 Å². The average Bonchev–Trinajstić information content (AvgIpc) is 2.47. The molecule has 21 heavy (non-hydrogen) atoms. The van der Waals surface area contributed by atoms with Crippen LogP contribution >= 0.6 is 0 Å². The van der Waals surface area contributed by atoms with Crippen LogP contribution in [-0.2, 0) is 10.0 Å². The fourth-order valence-electron chi connectivity index (χ4n) is 1.99. The van der Waals surface area contributed by atoms with Gasteiger partial charge in [0.2, 0.25) is 0 Å². The van der Waals surface area contributed by atoms with Crippen molar-refractivity contribution in [2.75, 3.05) is 10.5 Å². The summed E-state index contributed by atoms with van der Waals surface area (Å²) in [7, 11) is -3.74. The van der Waals surface area contributed by atoms with Crippen LogP contribution in [0.1, 0.15) is 0 Å². The molecule has 0 fully saturated rings. The van der Waals surface area contributed by atoms with Crippen molar-refractivity contribution in [2.24, 2.45) is 0 Å². The number of para-hydroxylation sites is 1. The van der Waals surface area contributed by atoms with Crippen molar-refractivity contribution in [2.45, 2.75) is 4.90 Å². The largest absolute Gasteiger partial charge is 0.384 e. The molecule has 106 valence electrons. The highest BCUT2D eigenvalue weighted by atomic mass is 32.2. The number of nitrogens with two attached hydrogens (primary N) is 1. The molecule has 3 aromatic rings. The summed E-state index contributed by atoms with van der Waals surface area (Å²) < 4.78 is 27.3. The van der Waals surface area contributed by atoms with E-state index in [4.69, 9.17) is 5.73 Å². The molecule has 7 heteroatoms. The second-order valence-corrected chi connectivity index (χ2v) is 6.09. The zero-order valence-corrected chi connectivity index (χ0v) is 11.7. The minimum absolute atomic E-state index is 0.0583. The zero-order valence-electron chi connectivity index (χ0n) is 10.9. The maximum atomic E-state index is 12.4. The molecule has 0 aliphatic heterocycles. The molecule has 0 aliphatic carbocycles. The first-order chi connectivity index (χ1) is 10.1. The van der Waals surface area contributed by atoms with Crippen LogP contribution in [-0.4, -0.2) is 18.4 Å². The van der Waals surface area contributed by atoms with Gasteiger partial charge in [-0.1, -0.05) is 18.2 Å². The second kappa shape index (κ2) is 5.02. The molecule has 0 saturated heterocycles. The molecule has 2 heterocycles. The predicted octanol–water partition coefficient (Wildman–Crippen LogP) is 2.01. The minimum atomic E-state index is -3.74. The average molecular weight is 300 g/mol. The molecule has 0 bridgehead atoms. The van der Waals surface area contributed by atoms with Gasteiger partial charge >= 0.3 is 0 Å². The van der Waals surface area contributed by atoms with Crippen molar-refractivity contribution < 1.29 is 8.42 Å². The number of pyridine rings is 2. The Labute approximate surface area is 121 Å². The van der Waals surface area contributed by atoms with Gasteiger partial charge < -0.3 is 5.73 Å². The number of nitrogens with zero attached hydrogens (tertiary/aromatic N) is 2. The lowest BCUT2D eigenvalue weighted by Crippen LogP contribution is -2.14. The summed E-state index contributed by atoms with van der Waals surface area (Å²) in [5.74, 6) is 0.147. The van der Waals surface area contributed by atoms with Gasteiger partial charge in [-0.3, -0.25) is 9.71 Å². The van der Waals surface area contributed by atoms with Crippen LogP contribution in [0.3, 0.4) is 0 Å². The highest BCUT2D eigenvalue weighted by Gasteiger charge is 2.16. The number of benzene rings is 1. The molecule has 0 atom stereocenters. The fraction of sp³-hybridized carbons (Fsp3) is 0. The Morgan fingerprint density at radius 3 is 2.62 bits per heavy atom. The zero-order chi connectivity index (χ0) is 14.9. The quantitative estimate of drug-likeness (QED) is 0.771. The number of anilines is 2. The molecule has 3 N–H and O–H groups in total. The Bertz CT molecular complexity index is 904. The van der Waals surface area contributed by atoms with Gasteiger partial charge in [-0.05, 0) is 18.2 Å². The summed E-state index contributed by atoms with van der Waals surface area (Å²) in [6.45, 7) is 0. The maximum Gasteiger partial charge on any atom is 0.262 e. The van der Waals surface area contributed by atoms with E-state index in [0.29, 0.717) is 11.2 Å². The smallest absolute Gasteiger partial charge is 0.262 e. The van der Waals surface area contributed by atoms with Crippen LogP contribution in [0.15, 0.2) is 59.8 Å². The first-order valence-corrected chi connectivity index (χ1v) is 7.63. The second-order valence-electron chi connectivity index (χ2n) is 4.40. The number of fused-ring (bicyclic) bond motifs is 1. The fourth-order valence-corrected chi connectivity index (χ4v) is 3.07. The van der Waals surface area contributed by atoms with E-state index in [0.717, 1.165) is 5.39 Å². The monoisotopic (exact) mass is 300 g/mol. The number of nitrogen functional groups attached to an aromatic ring is 1. The van der Waals surface area contributed by atoms with Crippen LogP contribution in [0.5, 0.6) is 0 Å². The first kappa shape index (κ1) is 13.3. The van der Waals surface area contributed by atoms with E-state index in [1.807, 2.05) is 12.1 Å². The van der Waals surface area contributed by atoms with E-state index in [1.54, 1.807) is 24.4 Å². The van der Waals surface area contributed by atoms with E-state index in [9.17, 15) is 8.42 Å². The summed E-state index contributed by atoms with van der Waals surface area (Å²) in [6, 6.07) is 11.7. The van der Waals surface area contributed by atoms with Gasteiger partial charge in [0.05, 0.1) is 16.1 Å². The standard InChI is InChI=1S/C14H12N4O2S/c15-13-9-11(6-8-16-13)21(19,20)18-12-5-1-3-10-4-2-7-17-14(10)12/h1-9,18H,(H2,15,16). The van der Waals surface area contributed by atoms with Crippen molar-refractivity contribution in [3.05, 3.63) is 54.9 Å². The number of rotatable bonds is 3. The highest BCUT2D eigenvalue weighted by molar-refractivity contribution is 7.92. The van der Waals surface area contributed by atoms with Gasteiger partial charge in [0, 0.05) is 23.8 Å². The predicted molar refractivity (Wildman–Crippen MR) is 81.2 cm³/mol. The van der Waals surface area contributed by atoms with E-state index in [-0.39, 0.29) is 10.7 Å². The molecule has 0 radical (unpaired) electrons. The lowest BCUT2D eigenvalue weighted by molar-refractivity contribution is 0.601. The number of sulfonamides is 1. The van der Waals surface area contributed by atoms with Crippen molar-refractivity contribution in [3.8, 4) is 0 Å². The molecule has 0 spiro atoms. The van der Waals surface area contributed by atoms with Gasteiger partial charge in [0.25, 0.3) is 10.0 Å². The van der Waals surface area contributed by atoms with Crippen LogP contribution in [0, 0.1) is 0 Å². The lowest BCUT2D eigenvalue weighted by atomic mass is 10.2. The third kappa shape index (κ3) is 2.63. The summed E-state index contributed by atoms with van der Waals surface area (Å²) in [5.41, 5.74) is 6.53. The highest BCUT2D eigenvalue weighted by Crippen LogP contribution is 2.23. The van der Waals surface area contributed by atoms with Crippen molar-refractivity contribution >= 4 is 32.4 Å². The van der Waals surface area contributed by atoms with E-state index < -0.39 is 10.0 Å². The molecule has 0 unspecified atom stereocenters. The summed E-state index contributed by atoms with van der Waals surface area (Å²) in [6.07, 6.45) is 2.97. The van der Waals surface area contributed by atoms with Crippen LogP contribution < -0.4 is 10.5 Å². The van der Waals surface area contributed by atoms with Crippen molar-refractivity contribution in [1.29, 1.82) is 0 Å². The Hall–Kier alpha value is -2.67. The van der Waals surface area contributed by atoms with Crippen LogP contribution in [0.4, 0.5) is 11.5 Å². The third-order valence-electron chi connectivity index (χ3n) is 2.94. The molecule has 1 aromatic carbocycles. The topological polar surface area (TPSA) is 98.0 Å². The lowest BCUT2D eigenvalue weighted by Gasteiger charge is -2.10. The minimum Gasteiger partial charge on any atom is -0.384 e. The van der Waals surface area contributed by atoms with Crippen molar-refractivity contribution in [3.63, 3.8) is 0 Å². The third-order valence-corrected chi connectivity index (χ3v) is 4.30. The summed E-state index contributed by atoms with van der Waals surface area (Å²) in [4.78, 5) is 8.05. The molecule has 0 amide bonds. The molecule has 2 aromatic heterocycles. The van der Waals surface area contributed by atoms with Crippen LogP contribution in [0.25, 0.3) is 10.9 Å². The van der Waals surface area contributed by atoms with Crippen molar-refractivity contribution in [1.82, 2.24) is 9.97 Å². The van der Waals surface area contributed by atoms with Gasteiger partial charge in [0.15, 0.2) is 0 Å². The van der Waals surface area contributed by atoms with E-state index in [2.05, 4.69) is 14.7 Å². The maximum absolute atomic E-state index is 12.4. The van der Waals surface area contributed by atoms with Gasteiger partial charge in [-0.25, -0.2) is 13.4 Å². The van der Waals surface area contributed by atoms with Gasteiger partial charge in [-0.15, -0.1) is 0 Å². The Kier molecular flexibility index (Phi) is 3.19. The summed E-state index contributed by atoms with van der Waals surface area (Å²) in [5, 5.41) is 0.854. The molecule has 0 aliphatic rings. The van der Waals surface area contributed by atoms with E-state index in [1.165, 1.54) is 18.3 Å². The Morgan fingerprint density at radius 2 is 1.81 bits per heavy atom. The molecule has 3 rings (SSSR count). The van der Waals surface area contributed by atoms with Gasteiger partial charge in [0.1, 0.15) is 5.82 Å². The first-order valence-electron chi connectivity index (χ1n) is 6.14. The molecular formula is C14H12N4O2S. The SMILES string of the molecule is Nc1cc(S(=O)(=O)Nc2cccc3cccnc23)ccn1. The van der Waals surface area contributed by atoms with Gasteiger partial charge in [-0.2, -0.15) is 0 Å². The van der Waals surface area contributed by atoms with E-state index >= 15 is 0 Å². The Balaban J connectivity index is 2.06. The number of nitrogens with one attached hydrogen (secondary N) is 1.